The number of thiophene rings is 1. The smallest absolute Gasteiger partial charge is 0.257 e. The lowest BCUT2D eigenvalue weighted by Gasteiger charge is -2.13. The normalized spacial score (nSPS) is 12.7. The number of rotatable bonds is 6. The second-order valence-electron chi connectivity index (χ2n) is 7.14. The molecule has 2 aromatic heterocycles. The summed E-state index contributed by atoms with van der Waals surface area (Å²) in [5.41, 5.74) is 3.11. The van der Waals surface area contributed by atoms with Crippen LogP contribution >= 0.6 is 11.3 Å². The van der Waals surface area contributed by atoms with Crippen LogP contribution in [-0.2, 0) is 19.4 Å². The molecule has 6 nitrogen and oxygen atoms in total. The van der Waals surface area contributed by atoms with Crippen molar-refractivity contribution in [2.45, 2.75) is 32.2 Å². The van der Waals surface area contributed by atoms with Gasteiger partial charge in [0.25, 0.3) is 11.8 Å². The second-order valence-corrected chi connectivity index (χ2v) is 8.25. The van der Waals surface area contributed by atoms with Gasteiger partial charge in [-0.15, -0.1) is 11.3 Å². The number of nitrogens with one attached hydrogen (secondary N) is 2. The number of benzene rings is 1. The Kier molecular flexibility index (Phi) is 6.09. The molecular weight excluding hydrogens is 398 g/mol. The molecule has 30 heavy (non-hydrogen) atoms. The first-order chi connectivity index (χ1) is 14.7. The van der Waals surface area contributed by atoms with E-state index in [1.54, 1.807) is 25.4 Å². The number of pyridine rings is 1. The van der Waals surface area contributed by atoms with Crippen LogP contribution in [0.25, 0.3) is 0 Å². The number of fused-ring (bicyclic) bond motifs is 1. The van der Waals surface area contributed by atoms with Crippen molar-refractivity contribution < 1.29 is 14.3 Å². The van der Waals surface area contributed by atoms with Crippen LogP contribution in [0.5, 0.6) is 5.75 Å². The Morgan fingerprint density at radius 1 is 1.10 bits per heavy atom. The van der Waals surface area contributed by atoms with Crippen molar-refractivity contribution in [3.63, 3.8) is 0 Å². The number of nitrogens with zero attached hydrogens (tertiary/aromatic N) is 1. The maximum Gasteiger partial charge on any atom is 0.257 e. The van der Waals surface area contributed by atoms with E-state index in [0.717, 1.165) is 42.6 Å². The lowest BCUT2D eigenvalue weighted by molar-refractivity contribution is 0.0951. The molecule has 1 aromatic carbocycles. The summed E-state index contributed by atoms with van der Waals surface area (Å²) in [4.78, 5) is 31.0. The molecule has 1 aliphatic rings. The highest BCUT2D eigenvalue weighted by Crippen LogP contribution is 2.38. The number of ether oxygens (including phenoxy) is 1. The highest BCUT2D eigenvalue weighted by atomic mass is 32.1. The number of hydrogen-bond donors (Lipinski definition) is 2. The Labute approximate surface area is 179 Å². The zero-order chi connectivity index (χ0) is 20.9. The van der Waals surface area contributed by atoms with Crippen LogP contribution in [0.2, 0.25) is 0 Å². The molecule has 0 saturated carbocycles. The zero-order valence-corrected chi connectivity index (χ0v) is 17.6. The lowest BCUT2D eigenvalue weighted by atomic mass is 9.95. The van der Waals surface area contributed by atoms with Crippen LogP contribution in [0.3, 0.4) is 0 Å². The third-order valence-electron chi connectivity index (χ3n) is 5.16. The molecule has 2 amide bonds. The molecule has 3 aromatic rings. The van der Waals surface area contributed by atoms with Gasteiger partial charge in [-0.3, -0.25) is 14.6 Å². The summed E-state index contributed by atoms with van der Waals surface area (Å²) in [5.74, 6) is 0.356. The highest BCUT2D eigenvalue weighted by molar-refractivity contribution is 7.17. The third-order valence-corrected chi connectivity index (χ3v) is 6.37. The minimum Gasteiger partial charge on any atom is -0.497 e. The van der Waals surface area contributed by atoms with Crippen LogP contribution in [0.4, 0.5) is 5.00 Å². The molecule has 0 fully saturated rings. The number of aryl methyl sites for hydroxylation is 1. The van der Waals surface area contributed by atoms with Gasteiger partial charge in [-0.1, -0.05) is 12.1 Å². The topological polar surface area (TPSA) is 80.3 Å². The van der Waals surface area contributed by atoms with Gasteiger partial charge >= 0.3 is 0 Å². The van der Waals surface area contributed by atoms with Gasteiger partial charge in [-0.2, -0.15) is 0 Å². The summed E-state index contributed by atoms with van der Waals surface area (Å²) < 4.78 is 5.17. The molecule has 7 heteroatoms. The first-order valence-electron chi connectivity index (χ1n) is 9.92. The number of methoxy groups -OCH3 is 1. The summed E-state index contributed by atoms with van der Waals surface area (Å²) >= 11 is 1.51. The van der Waals surface area contributed by atoms with Crippen molar-refractivity contribution in [1.29, 1.82) is 0 Å². The van der Waals surface area contributed by atoms with Gasteiger partial charge in [-0.05, 0) is 61.1 Å². The van der Waals surface area contributed by atoms with Crippen LogP contribution in [0.15, 0.2) is 48.8 Å². The van der Waals surface area contributed by atoms with Crippen molar-refractivity contribution in [3.8, 4) is 5.75 Å². The van der Waals surface area contributed by atoms with E-state index in [1.807, 2.05) is 24.3 Å². The monoisotopic (exact) mass is 421 g/mol. The van der Waals surface area contributed by atoms with E-state index in [0.29, 0.717) is 22.7 Å². The third kappa shape index (κ3) is 4.36. The Bertz CT molecular complexity index is 1050. The van der Waals surface area contributed by atoms with Crippen molar-refractivity contribution in [2.24, 2.45) is 0 Å². The molecule has 0 radical (unpaired) electrons. The maximum atomic E-state index is 13.1. The van der Waals surface area contributed by atoms with E-state index in [2.05, 4.69) is 15.6 Å². The van der Waals surface area contributed by atoms with Crippen LogP contribution in [0, 0.1) is 0 Å². The van der Waals surface area contributed by atoms with Gasteiger partial charge in [0.1, 0.15) is 10.8 Å². The van der Waals surface area contributed by atoms with Gasteiger partial charge < -0.3 is 15.4 Å². The predicted octanol–water partition coefficient (Wildman–Crippen LogP) is 4.21. The van der Waals surface area contributed by atoms with Gasteiger partial charge in [0.2, 0.25) is 0 Å². The average molecular weight is 422 g/mol. The van der Waals surface area contributed by atoms with Crippen LogP contribution in [-0.4, -0.2) is 23.9 Å². The number of anilines is 1. The van der Waals surface area contributed by atoms with E-state index < -0.39 is 0 Å². The average Bonchev–Trinajstić information content (AvgIpc) is 3.16. The fraction of sp³-hybridized carbons (Fsp3) is 0.261. The summed E-state index contributed by atoms with van der Waals surface area (Å²) in [6.07, 6.45) is 7.11. The zero-order valence-electron chi connectivity index (χ0n) is 16.7. The SMILES string of the molecule is COc1ccc(CNC(=O)c2c(NC(=O)c3cccnc3)sc3c2CCCC3)cc1. The quantitative estimate of drug-likeness (QED) is 0.625. The molecule has 0 unspecified atom stereocenters. The van der Waals surface area contributed by atoms with E-state index in [4.69, 9.17) is 4.74 Å². The molecule has 0 bridgehead atoms. The predicted molar refractivity (Wildman–Crippen MR) is 117 cm³/mol. The molecule has 2 N–H and O–H groups in total. The fourth-order valence-corrected chi connectivity index (χ4v) is 4.86. The van der Waals surface area contributed by atoms with E-state index >= 15 is 0 Å². The standard InChI is InChI=1S/C23H23N3O3S/c1-29-17-10-8-15(9-11-17)13-25-22(28)20-18-6-2-3-7-19(18)30-23(20)26-21(27)16-5-4-12-24-14-16/h4-5,8-12,14H,2-3,6-7,13H2,1H3,(H,25,28)(H,26,27). The Hall–Kier alpha value is -3.19. The number of hydrogen-bond acceptors (Lipinski definition) is 5. The number of carbonyl (C=O) groups is 2. The summed E-state index contributed by atoms with van der Waals surface area (Å²) in [6.45, 7) is 0.406. The fourth-order valence-electron chi connectivity index (χ4n) is 3.58. The van der Waals surface area contributed by atoms with E-state index in [9.17, 15) is 9.59 Å². The van der Waals surface area contributed by atoms with Crippen molar-refractivity contribution >= 4 is 28.2 Å². The summed E-state index contributed by atoms with van der Waals surface area (Å²) in [6, 6.07) is 11.0. The first kappa shape index (κ1) is 20.1. The number of aromatic nitrogens is 1. The van der Waals surface area contributed by atoms with Crippen molar-refractivity contribution in [1.82, 2.24) is 10.3 Å². The van der Waals surface area contributed by atoms with Gasteiger partial charge in [-0.25, -0.2) is 0 Å². The highest BCUT2D eigenvalue weighted by Gasteiger charge is 2.26. The van der Waals surface area contributed by atoms with Crippen molar-refractivity contribution in [2.75, 3.05) is 12.4 Å². The van der Waals surface area contributed by atoms with E-state index in [1.165, 1.54) is 22.4 Å². The molecule has 0 atom stereocenters. The Balaban J connectivity index is 1.55. The largest absolute Gasteiger partial charge is 0.497 e. The van der Waals surface area contributed by atoms with Gasteiger partial charge in [0, 0.05) is 23.8 Å². The molecule has 154 valence electrons. The molecule has 2 heterocycles. The van der Waals surface area contributed by atoms with Crippen LogP contribution in [0.1, 0.15) is 49.6 Å². The van der Waals surface area contributed by atoms with Gasteiger partial charge in [0.05, 0.1) is 18.2 Å². The molecule has 1 aliphatic carbocycles. The minimum atomic E-state index is -0.258. The van der Waals surface area contributed by atoms with Crippen LogP contribution < -0.4 is 15.4 Å². The van der Waals surface area contributed by atoms with Crippen molar-refractivity contribution in [3.05, 3.63) is 75.9 Å². The number of carbonyl (C=O) groups excluding carboxylic acids is 2. The van der Waals surface area contributed by atoms with E-state index in [-0.39, 0.29) is 11.8 Å². The molecule has 0 saturated heterocycles. The summed E-state index contributed by atoms with van der Waals surface area (Å²) in [7, 11) is 1.62. The molecule has 0 aliphatic heterocycles. The lowest BCUT2D eigenvalue weighted by Crippen LogP contribution is -2.25. The molecule has 4 rings (SSSR count). The Morgan fingerprint density at radius 2 is 1.90 bits per heavy atom. The molecular formula is C23H23N3O3S. The molecule has 0 spiro atoms. The Morgan fingerprint density at radius 3 is 2.63 bits per heavy atom. The first-order valence-corrected chi connectivity index (χ1v) is 10.7. The van der Waals surface area contributed by atoms with Gasteiger partial charge in [0.15, 0.2) is 0 Å². The minimum absolute atomic E-state index is 0.160. The summed E-state index contributed by atoms with van der Waals surface area (Å²) in [5, 5.41) is 6.56. The second kappa shape index (κ2) is 9.09. The number of amides is 2. The maximum absolute atomic E-state index is 13.1.